The summed E-state index contributed by atoms with van der Waals surface area (Å²) in [6.45, 7) is 2.58. The number of aryl methyl sites for hydroxylation is 1. The molecule has 0 saturated heterocycles. The number of hydrogen-bond donors (Lipinski definition) is 1. The van der Waals surface area contributed by atoms with Crippen LogP contribution < -0.4 is 4.74 Å². The minimum Gasteiger partial charge on any atom is -0.493 e. The first kappa shape index (κ1) is 13.7. The van der Waals surface area contributed by atoms with E-state index in [1.54, 1.807) is 6.07 Å². The lowest BCUT2D eigenvalue weighted by molar-refractivity contribution is 0.120. The van der Waals surface area contributed by atoms with Crippen LogP contribution in [0.3, 0.4) is 0 Å². The Morgan fingerprint density at radius 2 is 2.00 bits per heavy atom. The summed E-state index contributed by atoms with van der Waals surface area (Å²) in [6.07, 6.45) is 6.25. The number of hydrogen-bond acceptors (Lipinski definition) is 2. The van der Waals surface area contributed by atoms with Crippen LogP contribution in [0.4, 0.5) is 4.39 Å². The number of benzene rings is 1. The molecule has 1 aliphatic carbocycles. The minimum atomic E-state index is -0.207. The molecule has 0 amide bonds. The molecule has 18 heavy (non-hydrogen) atoms. The summed E-state index contributed by atoms with van der Waals surface area (Å²) in [5, 5.41) is 0. The second-order valence-corrected chi connectivity index (χ2v) is 5.73. The van der Waals surface area contributed by atoms with E-state index in [1.165, 1.54) is 44.2 Å². The lowest BCUT2D eigenvalue weighted by Crippen LogP contribution is -2.33. The standard InChI is InChI=1S/C15H21FOS/c1-12-9-13(16)5-6-14(12)17-10-15(11-18)7-3-2-4-8-15/h5-6,9,18H,2-4,7-8,10-11H2,1H3. The van der Waals surface area contributed by atoms with E-state index >= 15 is 0 Å². The van der Waals surface area contributed by atoms with Crippen molar-refractivity contribution < 1.29 is 9.13 Å². The zero-order valence-electron chi connectivity index (χ0n) is 10.9. The number of ether oxygens (including phenoxy) is 1. The fourth-order valence-corrected chi connectivity index (χ4v) is 3.06. The Morgan fingerprint density at radius 3 is 2.61 bits per heavy atom. The fourth-order valence-electron chi connectivity index (χ4n) is 2.66. The van der Waals surface area contributed by atoms with Crippen molar-refractivity contribution in [3.8, 4) is 5.75 Å². The summed E-state index contributed by atoms with van der Waals surface area (Å²) >= 11 is 4.50. The summed E-state index contributed by atoms with van der Waals surface area (Å²) in [5.74, 6) is 1.46. The first-order valence-corrected chi connectivity index (χ1v) is 7.28. The van der Waals surface area contributed by atoms with E-state index in [-0.39, 0.29) is 11.2 Å². The largest absolute Gasteiger partial charge is 0.493 e. The molecule has 1 saturated carbocycles. The van der Waals surface area contributed by atoms with Gasteiger partial charge in [-0.15, -0.1) is 0 Å². The maximum absolute atomic E-state index is 13.0. The normalized spacial score (nSPS) is 18.6. The van der Waals surface area contributed by atoms with Gasteiger partial charge in [0.1, 0.15) is 11.6 Å². The molecule has 0 atom stereocenters. The van der Waals surface area contributed by atoms with Crippen LogP contribution in [0.15, 0.2) is 18.2 Å². The molecule has 0 N–H and O–H groups in total. The van der Waals surface area contributed by atoms with Gasteiger partial charge in [-0.2, -0.15) is 12.6 Å². The zero-order valence-corrected chi connectivity index (χ0v) is 11.8. The molecule has 1 nitrogen and oxygen atoms in total. The molecule has 0 spiro atoms. The van der Waals surface area contributed by atoms with Crippen molar-refractivity contribution in [1.29, 1.82) is 0 Å². The van der Waals surface area contributed by atoms with Crippen molar-refractivity contribution in [2.24, 2.45) is 5.41 Å². The van der Waals surface area contributed by atoms with E-state index in [9.17, 15) is 4.39 Å². The molecular formula is C15H21FOS. The van der Waals surface area contributed by atoms with Gasteiger partial charge in [0.25, 0.3) is 0 Å². The van der Waals surface area contributed by atoms with Crippen molar-refractivity contribution in [3.63, 3.8) is 0 Å². The molecule has 1 fully saturated rings. The Bertz CT molecular complexity index is 399. The Morgan fingerprint density at radius 1 is 1.28 bits per heavy atom. The van der Waals surface area contributed by atoms with Crippen LogP contribution in [0.25, 0.3) is 0 Å². The lowest BCUT2D eigenvalue weighted by atomic mass is 9.76. The van der Waals surface area contributed by atoms with Crippen LogP contribution in [0.2, 0.25) is 0 Å². The summed E-state index contributed by atoms with van der Waals surface area (Å²) < 4.78 is 18.9. The highest BCUT2D eigenvalue weighted by molar-refractivity contribution is 7.80. The van der Waals surface area contributed by atoms with E-state index in [1.807, 2.05) is 6.92 Å². The molecule has 100 valence electrons. The van der Waals surface area contributed by atoms with Gasteiger partial charge in [0.05, 0.1) is 6.61 Å². The monoisotopic (exact) mass is 268 g/mol. The molecule has 3 heteroatoms. The van der Waals surface area contributed by atoms with E-state index in [0.29, 0.717) is 6.61 Å². The third kappa shape index (κ3) is 3.19. The molecule has 0 unspecified atom stereocenters. The van der Waals surface area contributed by atoms with E-state index in [2.05, 4.69) is 12.6 Å². The zero-order chi connectivity index (χ0) is 13.0. The van der Waals surface area contributed by atoms with Gasteiger partial charge < -0.3 is 4.74 Å². The van der Waals surface area contributed by atoms with Crippen molar-refractivity contribution in [1.82, 2.24) is 0 Å². The van der Waals surface area contributed by atoms with Crippen molar-refractivity contribution in [3.05, 3.63) is 29.6 Å². The van der Waals surface area contributed by atoms with Crippen LogP contribution in [0.5, 0.6) is 5.75 Å². The molecule has 1 aliphatic rings. The summed E-state index contributed by atoms with van der Waals surface area (Å²) in [6, 6.07) is 4.69. The van der Waals surface area contributed by atoms with Gasteiger partial charge in [0.2, 0.25) is 0 Å². The van der Waals surface area contributed by atoms with Gasteiger partial charge in [0.15, 0.2) is 0 Å². The predicted octanol–water partition coefficient (Wildman–Crippen LogP) is 4.39. The number of rotatable bonds is 4. The first-order chi connectivity index (χ1) is 8.65. The van der Waals surface area contributed by atoms with Crippen LogP contribution in [-0.4, -0.2) is 12.4 Å². The Balaban J connectivity index is 2.01. The average molecular weight is 268 g/mol. The van der Waals surface area contributed by atoms with Crippen molar-refractivity contribution in [2.75, 3.05) is 12.4 Å². The topological polar surface area (TPSA) is 9.23 Å². The van der Waals surface area contributed by atoms with Gasteiger partial charge in [-0.3, -0.25) is 0 Å². The second-order valence-electron chi connectivity index (χ2n) is 5.42. The molecule has 1 aromatic rings. The lowest BCUT2D eigenvalue weighted by Gasteiger charge is -2.35. The van der Waals surface area contributed by atoms with Crippen LogP contribution in [0.1, 0.15) is 37.7 Å². The van der Waals surface area contributed by atoms with Gasteiger partial charge in [-0.25, -0.2) is 4.39 Å². The third-order valence-corrected chi connectivity index (χ3v) is 4.59. The molecule has 0 heterocycles. The number of halogens is 1. The van der Waals surface area contributed by atoms with E-state index < -0.39 is 0 Å². The van der Waals surface area contributed by atoms with Crippen LogP contribution in [0, 0.1) is 18.2 Å². The minimum absolute atomic E-state index is 0.207. The molecule has 1 aromatic carbocycles. The van der Waals surface area contributed by atoms with Crippen LogP contribution >= 0.6 is 12.6 Å². The molecular weight excluding hydrogens is 247 g/mol. The van der Waals surface area contributed by atoms with Gasteiger partial charge >= 0.3 is 0 Å². The molecule has 0 bridgehead atoms. The maximum Gasteiger partial charge on any atom is 0.123 e. The summed E-state index contributed by atoms with van der Waals surface area (Å²) in [4.78, 5) is 0. The maximum atomic E-state index is 13.0. The Kier molecular flexibility index (Phi) is 4.55. The third-order valence-electron chi connectivity index (χ3n) is 3.92. The Hall–Kier alpha value is -0.700. The number of thiol groups is 1. The molecule has 0 aliphatic heterocycles. The van der Waals surface area contributed by atoms with Gasteiger partial charge in [0, 0.05) is 5.41 Å². The van der Waals surface area contributed by atoms with Crippen molar-refractivity contribution in [2.45, 2.75) is 39.0 Å². The summed E-state index contributed by atoms with van der Waals surface area (Å²) in [7, 11) is 0. The van der Waals surface area contributed by atoms with Crippen LogP contribution in [-0.2, 0) is 0 Å². The SMILES string of the molecule is Cc1cc(F)ccc1OCC1(CS)CCCCC1. The molecule has 0 radical (unpaired) electrons. The first-order valence-electron chi connectivity index (χ1n) is 6.65. The van der Waals surface area contributed by atoms with Crippen molar-refractivity contribution >= 4 is 12.6 Å². The van der Waals surface area contributed by atoms with Gasteiger partial charge in [-0.05, 0) is 49.3 Å². The Labute approximate surface area is 114 Å². The van der Waals surface area contributed by atoms with E-state index in [4.69, 9.17) is 4.74 Å². The fraction of sp³-hybridized carbons (Fsp3) is 0.600. The second kappa shape index (κ2) is 5.96. The molecule has 0 aromatic heterocycles. The highest BCUT2D eigenvalue weighted by Gasteiger charge is 2.31. The quantitative estimate of drug-likeness (QED) is 0.797. The smallest absolute Gasteiger partial charge is 0.123 e. The molecule has 2 rings (SSSR count). The summed E-state index contributed by atoms with van der Waals surface area (Å²) in [5.41, 5.74) is 1.07. The average Bonchev–Trinajstić information content (AvgIpc) is 2.39. The highest BCUT2D eigenvalue weighted by atomic mass is 32.1. The predicted molar refractivity (Wildman–Crippen MR) is 76.0 cm³/mol. The highest BCUT2D eigenvalue weighted by Crippen LogP contribution is 2.38. The van der Waals surface area contributed by atoms with Gasteiger partial charge in [-0.1, -0.05) is 19.3 Å². The van der Waals surface area contributed by atoms with E-state index in [0.717, 1.165) is 17.1 Å².